The number of hydrogen-bond donors (Lipinski definition) is 0. The zero-order valence-electron chi connectivity index (χ0n) is 41.1. The van der Waals surface area contributed by atoms with Crippen LogP contribution in [0.4, 0.5) is 34.1 Å². The van der Waals surface area contributed by atoms with Gasteiger partial charge in [0.1, 0.15) is 0 Å². The van der Waals surface area contributed by atoms with Crippen LogP contribution in [0.2, 0.25) is 0 Å². The molecule has 0 bridgehead atoms. The largest absolute Gasteiger partial charge is 0.311 e. The molecule has 0 atom stereocenters. The molecule has 0 saturated heterocycles. The predicted molar refractivity (Wildman–Crippen MR) is 320 cm³/mol. The van der Waals surface area contributed by atoms with Crippen LogP contribution < -0.4 is 26.2 Å². The average molecular weight is 951 g/mol. The molecule has 0 amide bonds. The predicted octanol–water partition coefficient (Wildman–Crippen LogP) is 17.6. The van der Waals surface area contributed by atoms with Crippen molar-refractivity contribution in [3.63, 3.8) is 0 Å². The minimum Gasteiger partial charge on any atom is -0.311 e. The zero-order valence-corrected chi connectivity index (χ0v) is 41.1. The van der Waals surface area contributed by atoms with Gasteiger partial charge in [0.25, 0.3) is 6.71 Å². The van der Waals surface area contributed by atoms with Crippen molar-refractivity contribution in [3.8, 4) is 55.6 Å². The van der Waals surface area contributed by atoms with E-state index in [0.717, 1.165) is 16.9 Å². The van der Waals surface area contributed by atoms with E-state index in [1.54, 1.807) is 0 Å². The quantitative estimate of drug-likeness (QED) is 0.147. The van der Waals surface area contributed by atoms with E-state index in [4.69, 9.17) is 0 Å². The third-order valence-corrected chi connectivity index (χ3v) is 15.7. The van der Waals surface area contributed by atoms with Gasteiger partial charge in [0.2, 0.25) is 0 Å². The van der Waals surface area contributed by atoms with E-state index in [2.05, 4.69) is 295 Å². The van der Waals surface area contributed by atoms with Gasteiger partial charge in [0.15, 0.2) is 0 Å². The Hall–Kier alpha value is -9.70. The van der Waals surface area contributed by atoms with E-state index in [9.17, 15) is 0 Å². The van der Waals surface area contributed by atoms with Crippen molar-refractivity contribution in [2.45, 2.75) is 0 Å². The number of anilines is 6. The highest BCUT2D eigenvalue weighted by Gasteiger charge is 2.44. The minimum atomic E-state index is -0.0934. The highest BCUT2D eigenvalue weighted by Crippen LogP contribution is 2.49. The lowest BCUT2D eigenvalue weighted by molar-refractivity contribution is 1.26. The van der Waals surface area contributed by atoms with Crippen LogP contribution in [0.1, 0.15) is 0 Å². The van der Waals surface area contributed by atoms with Gasteiger partial charge in [-0.05, 0) is 171 Å². The third-order valence-electron chi connectivity index (χ3n) is 15.7. The van der Waals surface area contributed by atoms with E-state index in [1.807, 2.05) is 0 Å². The number of nitrogens with zero attached hydrogens (tertiary/aromatic N) is 2. The van der Waals surface area contributed by atoms with E-state index in [1.165, 1.54) is 122 Å². The zero-order chi connectivity index (χ0) is 49.4. The fourth-order valence-corrected chi connectivity index (χ4v) is 12.1. The lowest BCUT2D eigenvalue weighted by Gasteiger charge is -2.45. The van der Waals surface area contributed by atoms with Crippen LogP contribution in [-0.2, 0) is 0 Å². The molecule has 2 aliphatic rings. The standard InChI is InChI=1S/C72H47BN2/c1-5-19-48(20-6-1)59-36-60(49-21-7-2-8-22-49)39-64(38-59)74-68-44-56-31-17-15-29-54(56)42-66(68)73-67-43-55-30-16-18-32-57(55)45-69(67)75(65-40-61(50-23-9-3-10-24-50)37-62(41-65)51-25-11-4-12-26-51)71-47-63(46-70(74)72(71)73)58-34-33-52-27-13-14-28-53(52)35-58/h1-47H. The number of rotatable bonds is 7. The topological polar surface area (TPSA) is 6.48 Å². The molecule has 0 spiro atoms. The summed E-state index contributed by atoms with van der Waals surface area (Å²) in [7, 11) is 0. The molecule has 0 radical (unpaired) electrons. The van der Waals surface area contributed by atoms with Gasteiger partial charge in [0, 0.05) is 34.1 Å². The number of benzene rings is 13. The van der Waals surface area contributed by atoms with Crippen molar-refractivity contribution in [2.75, 3.05) is 9.80 Å². The Morgan fingerprint density at radius 2 is 0.520 bits per heavy atom. The molecule has 0 N–H and O–H groups in total. The SMILES string of the molecule is c1ccc(-c2cc(-c3ccccc3)cc(N3c4cc5ccccc5cc4B4c5cc6ccccc6cc5N(c5cc(-c6ccccc6)cc(-c6ccccc6)c5)c5cc(-c6ccc7ccccc7c6)cc3c54)c2)cc1. The molecule has 75 heavy (non-hydrogen) atoms. The molecule has 348 valence electrons. The average Bonchev–Trinajstić information content (AvgIpc) is 3.56. The number of hydrogen-bond acceptors (Lipinski definition) is 2. The molecule has 2 nitrogen and oxygen atoms in total. The summed E-state index contributed by atoms with van der Waals surface area (Å²) in [5, 5.41) is 7.31. The first-order chi connectivity index (χ1) is 37.1. The van der Waals surface area contributed by atoms with E-state index < -0.39 is 0 Å². The van der Waals surface area contributed by atoms with Crippen molar-refractivity contribution in [2.24, 2.45) is 0 Å². The molecule has 13 aromatic rings. The minimum absolute atomic E-state index is 0.0934. The van der Waals surface area contributed by atoms with Crippen molar-refractivity contribution >= 4 is 89.5 Å². The van der Waals surface area contributed by atoms with E-state index in [0.29, 0.717) is 0 Å². The number of fused-ring (bicyclic) bond motifs is 7. The molecule has 2 heterocycles. The molecule has 0 unspecified atom stereocenters. The summed E-state index contributed by atoms with van der Waals surface area (Å²) in [5.41, 5.74) is 22.5. The summed E-state index contributed by atoms with van der Waals surface area (Å²) in [4.78, 5) is 5.20. The molecule has 0 aliphatic carbocycles. The van der Waals surface area contributed by atoms with Crippen molar-refractivity contribution in [1.29, 1.82) is 0 Å². The van der Waals surface area contributed by atoms with E-state index >= 15 is 0 Å². The molecule has 15 rings (SSSR count). The van der Waals surface area contributed by atoms with Crippen LogP contribution >= 0.6 is 0 Å². The molecule has 2 aliphatic heterocycles. The Kier molecular flexibility index (Phi) is 10.0. The third kappa shape index (κ3) is 7.35. The summed E-state index contributed by atoms with van der Waals surface area (Å²) >= 11 is 0. The summed E-state index contributed by atoms with van der Waals surface area (Å²) in [5.74, 6) is 0. The molecule has 0 aromatic heterocycles. The highest BCUT2D eigenvalue weighted by atomic mass is 15.2. The fraction of sp³-hybridized carbons (Fsp3) is 0. The van der Waals surface area contributed by atoms with Gasteiger partial charge in [-0.3, -0.25) is 0 Å². The Morgan fingerprint density at radius 1 is 0.200 bits per heavy atom. The second-order valence-corrected chi connectivity index (χ2v) is 20.1. The monoisotopic (exact) mass is 950 g/mol. The van der Waals surface area contributed by atoms with Crippen LogP contribution in [-0.4, -0.2) is 6.71 Å². The lowest BCUT2D eigenvalue weighted by Crippen LogP contribution is -2.61. The van der Waals surface area contributed by atoms with Crippen LogP contribution in [0.5, 0.6) is 0 Å². The van der Waals surface area contributed by atoms with Crippen molar-refractivity contribution in [3.05, 3.63) is 285 Å². The Bertz CT molecular complexity index is 4010. The van der Waals surface area contributed by atoms with Gasteiger partial charge in [-0.25, -0.2) is 0 Å². The summed E-state index contributed by atoms with van der Waals surface area (Å²) in [6.45, 7) is -0.0934. The van der Waals surface area contributed by atoms with Crippen LogP contribution in [0.15, 0.2) is 285 Å². The van der Waals surface area contributed by atoms with Crippen molar-refractivity contribution < 1.29 is 0 Å². The molecule has 0 fully saturated rings. The first-order valence-corrected chi connectivity index (χ1v) is 26.0. The molecule has 3 heteroatoms. The lowest BCUT2D eigenvalue weighted by atomic mass is 9.33. The van der Waals surface area contributed by atoms with Gasteiger partial charge in [0.05, 0.1) is 0 Å². The smallest absolute Gasteiger partial charge is 0.252 e. The molecule has 13 aromatic carbocycles. The van der Waals surface area contributed by atoms with Gasteiger partial charge >= 0.3 is 0 Å². The first-order valence-electron chi connectivity index (χ1n) is 26.0. The van der Waals surface area contributed by atoms with Crippen LogP contribution in [0.25, 0.3) is 88.0 Å². The van der Waals surface area contributed by atoms with Gasteiger partial charge < -0.3 is 9.80 Å². The fourth-order valence-electron chi connectivity index (χ4n) is 12.1. The maximum absolute atomic E-state index is 2.60. The summed E-state index contributed by atoms with van der Waals surface area (Å²) in [6, 6.07) is 106. The first kappa shape index (κ1) is 42.9. The second kappa shape index (κ2) is 17.5. The summed E-state index contributed by atoms with van der Waals surface area (Å²) in [6.07, 6.45) is 0. The Balaban J connectivity index is 1.09. The highest BCUT2D eigenvalue weighted by molar-refractivity contribution is 7.00. The normalized spacial score (nSPS) is 12.5. The van der Waals surface area contributed by atoms with Crippen LogP contribution in [0.3, 0.4) is 0 Å². The van der Waals surface area contributed by atoms with Crippen LogP contribution in [0, 0.1) is 0 Å². The van der Waals surface area contributed by atoms with E-state index in [-0.39, 0.29) is 6.71 Å². The maximum Gasteiger partial charge on any atom is 0.252 e. The molecule has 0 saturated carbocycles. The molecular weight excluding hydrogens is 904 g/mol. The van der Waals surface area contributed by atoms with Gasteiger partial charge in [-0.15, -0.1) is 0 Å². The second-order valence-electron chi connectivity index (χ2n) is 20.1. The Morgan fingerprint density at radius 3 is 0.907 bits per heavy atom. The molecular formula is C72H47BN2. The maximum atomic E-state index is 2.60. The van der Waals surface area contributed by atoms with Crippen molar-refractivity contribution in [1.82, 2.24) is 0 Å². The summed E-state index contributed by atoms with van der Waals surface area (Å²) < 4.78 is 0. The Labute approximate surface area is 437 Å². The van der Waals surface area contributed by atoms with Gasteiger partial charge in [-0.1, -0.05) is 218 Å². The van der Waals surface area contributed by atoms with Gasteiger partial charge in [-0.2, -0.15) is 0 Å².